The van der Waals surface area contributed by atoms with Crippen molar-refractivity contribution < 1.29 is 13.2 Å². The monoisotopic (exact) mass is 372 g/mol. The molecule has 0 aromatic heterocycles. The van der Waals surface area contributed by atoms with E-state index in [4.69, 9.17) is 0 Å². The largest absolute Gasteiger partial charge is 0.314 e. The van der Waals surface area contributed by atoms with E-state index in [1.807, 2.05) is 0 Å². The Hall–Kier alpha value is -0.490. The molecule has 1 saturated heterocycles. The molecule has 1 N–H and O–H groups in total. The molecule has 1 fully saturated rings. The van der Waals surface area contributed by atoms with Gasteiger partial charge in [-0.2, -0.15) is 0 Å². The minimum Gasteiger partial charge on any atom is -0.314 e. The molecule has 2 rings (SSSR count). The molecule has 7 heteroatoms. The predicted octanol–water partition coefficient (Wildman–Crippen LogP) is 4.47. The van der Waals surface area contributed by atoms with Crippen LogP contribution in [0.2, 0.25) is 0 Å². The number of hydrogen-bond donors (Lipinski definition) is 1. The van der Waals surface area contributed by atoms with Crippen LogP contribution in [0.15, 0.2) is 12.1 Å². The molecule has 1 atom stereocenters. The molecule has 0 bridgehead atoms. The van der Waals surface area contributed by atoms with E-state index in [2.05, 4.69) is 17.1 Å². The standard InChI is InChI=1S/C16H23F3N2.2ClH/c1-2-3-4-5-14(21-10-8-20-9-11-21)15-12(17)6-7-13(18)16(15)19;;/h6-7,14,20H,2-5,8-11H2,1H3;2*1H/t14-;;/m0../s1. The molecule has 1 aliphatic rings. The van der Waals surface area contributed by atoms with E-state index in [0.29, 0.717) is 6.42 Å². The van der Waals surface area contributed by atoms with Crippen molar-refractivity contribution in [2.24, 2.45) is 0 Å². The lowest BCUT2D eigenvalue weighted by Gasteiger charge is -2.35. The Bertz CT molecular complexity index is 469. The van der Waals surface area contributed by atoms with Gasteiger partial charge in [-0.15, -0.1) is 24.8 Å². The number of halogens is 5. The van der Waals surface area contributed by atoms with Crippen LogP contribution in [0, 0.1) is 17.5 Å². The van der Waals surface area contributed by atoms with E-state index in [0.717, 1.165) is 57.6 Å². The summed E-state index contributed by atoms with van der Waals surface area (Å²) in [4.78, 5) is 2.06. The first kappa shape index (κ1) is 22.5. The number of nitrogens with one attached hydrogen (secondary N) is 1. The van der Waals surface area contributed by atoms with Gasteiger partial charge in [0.15, 0.2) is 11.6 Å². The third-order valence-corrected chi connectivity index (χ3v) is 4.09. The third-order valence-electron chi connectivity index (χ3n) is 4.09. The molecule has 1 aromatic rings. The van der Waals surface area contributed by atoms with Crippen molar-refractivity contribution in [1.82, 2.24) is 10.2 Å². The van der Waals surface area contributed by atoms with Crippen molar-refractivity contribution >= 4 is 24.8 Å². The minimum atomic E-state index is -1.03. The second-order valence-electron chi connectivity index (χ2n) is 5.55. The van der Waals surface area contributed by atoms with Crippen molar-refractivity contribution in [2.75, 3.05) is 26.2 Å². The highest BCUT2D eigenvalue weighted by molar-refractivity contribution is 5.85. The van der Waals surface area contributed by atoms with Gasteiger partial charge < -0.3 is 5.32 Å². The van der Waals surface area contributed by atoms with Crippen molar-refractivity contribution in [3.8, 4) is 0 Å². The maximum atomic E-state index is 14.1. The quantitative estimate of drug-likeness (QED) is 0.585. The summed E-state index contributed by atoms with van der Waals surface area (Å²) in [6.45, 7) is 5.13. The average Bonchev–Trinajstić information content (AvgIpc) is 2.51. The second kappa shape index (κ2) is 11.1. The summed E-state index contributed by atoms with van der Waals surface area (Å²) in [6.07, 6.45) is 3.61. The van der Waals surface area contributed by atoms with Crippen LogP contribution in [0.25, 0.3) is 0 Å². The van der Waals surface area contributed by atoms with Gasteiger partial charge in [-0.3, -0.25) is 4.90 Å². The molecule has 0 amide bonds. The van der Waals surface area contributed by atoms with Crippen LogP contribution in [0.1, 0.15) is 44.2 Å². The number of unbranched alkanes of at least 4 members (excludes halogenated alkanes) is 2. The van der Waals surface area contributed by atoms with Crippen LogP contribution in [-0.2, 0) is 0 Å². The van der Waals surface area contributed by atoms with E-state index < -0.39 is 17.5 Å². The van der Waals surface area contributed by atoms with E-state index in [1.165, 1.54) is 0 Å². The highest BCUT2D eigenvalue weighted by atomic mass is 35.5. The smallest absolute Gasteiger partial charge is 0.166 e. The van der Waals surface area contributed by atoms with Gasteiger partial charge >= 0.3 is 0 Å². The first-order chi connectivity index (χ1) is 10.1. The van der Waals surface area contributed by atoms with E-state index in [1.54, 1.807) is 0 Å². The van der Waals surface area contributed by atoms with Crippen LogP contribution in [-0.4, -0.2) is 31.1 Å². The van der Waals surface area contributed by atoms with Crippen LogP contribution in [0.3, 0.4) is 0 Å². The van der Waals surface area contributed by atoms with E-state index in [-0.39, 0.29) is 36.4 Å². The van der Waals surface area contributed by atoms with Crippen LogP contribution in [0.4, 0.5) is 13.2 Å². The zero-order valence-electron chi connectivity index (χ0n) is 13.3. The highest BCUT2D eigenvalue weighted by Crippen LogP contribution is 2.32. The van der Waals surface area contributed by atoms with Gasteiger partial charge in [0.25, 0.3) is 0 Å². The average molecular weight is 373 g/mol. The summed E-state index contributed by atoms with van der Waals surface area (Å²) in [6, 6.07) is 1.51. The van der Waals surface area contributed by atoms with Gasteiger partial charge in [0, 0.05) is 37.8 Å². The molecule has 0 spiro atoms. The molecule has 134 valence electrons. The van der Waals surface area contributed by atoms with Crippen LogP contribution >= 0.6 is 24.8 Å². The molecule has 0 unspecified atom stereocenters. The fraction of sp³-hybridized carbons (Fsp3) is 0.625. The maximum absolute atomic E-state index is 14.1. The summed E-state index contributed by atoms with van der Waals surface area (Å²) in [5.74, 6) is -2.65. The summed E-state index contributed by atoms with van der Waals surface area (Å²) >= 11 is 0. The molecular weight excluding hydrogens is 348 g/mol. The topological polar surface area (TPSA) is 15.3 Å². The number of piperazine rings is 1. The third kappa shape index (κ3) is 5.82. The molecule has 2 nitrogen and oxygen atoms in total. The number of hydrogen-bond acceptors (Lipinski definition) is 2. The zero-order valence-corrected chi connectivity index (χ0v) is 14.9. The van der Waals surface area contributed by atoms with Gasteiger partial charge in [0.2, 0.25) is 0 Å². The summed E-state index contributed by atoms with van der Waals surface area (Å²) in [5.41, 5.74) is -0.104. The first-order valence-electron chi connectivity index (χ1n) is 7.73. The molecule has 1 aliphatic heterocycles. The van der Waals surface area contributed by atoms with E-state index >= 15 is 0 Å². The van der Waals surface area contributed by atoms with Gasteiger partial charge in [0.05, 0.1) is 0 Å². The first-order valence-corrected chi connectivity index (χ1v) is 7.73. The van der Waals surface area contributed by atoms with Gasteiger partial charge in [-0.05, 0) is 18.6 Å². The molecule has 1 aromatic carbocycles. The lowest BCUT2D eigenvalue weighted by molar-refractivity contribution is 0.155. The highest BCUT2D eigenvalue weighted by Gasteiger charge is 2.28. The molecule has 0 saturated carbocycles. The second-order valence-corrected chi connectivity index (χ2v) is 5.55. The fourth-order valence-electron chi connectivity index (χ4n) is 2.94. The Morgan fingerprint density at radius 2 is 1.65 bits per heavy atom. The Balaban J connectivity index is 0.00000242. The number of nitrogens with zero attached hydrogens (tertiary/aromatic N) is 1. The van der Waals surface area contributed by atoms with Crippen molar-refractivity contribution in [1.29, 1.82) is 0 Å². The Morgan fingerprint density at radius 3 is 2.26 bits per heavy atom. The SMILES string of the molecule is CCCCC[C@@H](c1c(F)ccc(F)c1F)N1CCNCC1.Cl.Cl. The fourth-order valence-corrected chi connectivity index (χ4v) is 2.94. The molecular formula is C16H25Cl2F3N2. The van der Waals surface area contributed by atoms with Crippen LogP contribution < -0.4 is 5.32 Å². The molecule has 0 aliphatic carbocycles. The lowest BCUT2D eigenvalue weighted by Crippen LogP contribution is -2.45. The van der Waals surface area contributed by atoms with Crippen molar-refractivity contribution in [3.05, 3.63) is 35.1 Å². The Labute approximate surface area is 148 Å². The summed E-state index contributed by atoms with van der Waals surface area (Å²) in [5, 5.41) is 3.23. The number of benzene rings is 1. The normalized spacial score (nSPS) is 16.3. The van der Waals surface area contributed by atoms with Gasteiger partial charge in [-0.25, -0.2) is 13.2 Å². The predicted molar refractivity (Wildman–Crippen MR) is 92.1 cm³/mol. The van der Waals surface area contributed by atoms with Crippen LogP contribution in [0.5, 0.6) is 0 Å². The zero-order chi connectivity index (χ0) is 15.2. The van der Waals surface area contributed by atoms with Crippen molar-refractivity contribution in [2.45, 2.75) is 38.6 Å². The van der Waals surface area contributed by atoms with Gasteiger partial charge in [-0.1, -0.05) is 26.2 Å². The Kier molecular flexibility index (Phi) is 10.9. The summed E-state index contributed by atoms with van der Waals surface area (Å²) < 4.78 is 41.7. The molecule has 0 radical (unpaired) electrons. The van der Waals surface area contributed by atoms with Crippen molar-refractivity contribution in [3.63, 3.8) is 0 Å². The number of rotatable bonds is 6. The maximum Gasteiger partial charge on any atom is 0.166 e. The Morgan fingerprint density at radius 1 is 1.04 bits per heavy atom. The van der Waals surface area contributed by atoms with Gasteiger partial charge in [0.1, 0.15) is 5.82 Å². The summed E-state index contributed by atoms with van der Waals surface area (Å²) in [7, 11) is 0. The minimum absolute atomic E-state index is 0. The lowest BCUT2D eigenvalue weighted by atomic mass is 9.97. The molecule has 1 heterocycles. The van der Waals surface area contributed by atoms with E-state index in [9.17, 15) is 13.2 Å². The molecule has 23 heavy (non-hydrogen) atoms.